The molecular weight excluding hydrogens is 240 g/mol. The van der Waals surface area contributed by atoms with Gasteiger partial charge in [-0.1, -0.05) is 0 Å². The van der Waals surface area contributed by atoms with Gasteiger partial charge in [-0.3, -0.25) is 4.57 Å². The molecule has 0 spiro atoms. The van der Waals surface area contributed by atoms with E-state index in [0.717, 1.165) is 0 Å². The Morgan fingerprint density at radius 1 is 1.47 bits per heavy atom. The van der Waals surface area contributed by atoms with Gasteiger partial charge in [0.1, 0.15) is 10.8 Å². The van der Waals surface area contributed by atoms with Crippen molar-refractivity contribution in [3.8, 4) is 0 Å². The number of hydrogen-bond acceptors (Lipinski definition) is 6. The molecule has 0 unspecified atom stereocenters. The summed E-state index contributed by atoms with van der Waals surface area (Å²) in [6, 6.07) is 3.40. The second-order valence-electron chi connectivity index (χ2n) is 3.28. The summed E-state index contributed by atoms with van der Waals surface area (Å²) in [5, 5.41) is 7.49. The number of aromatic nitrogens is 4. The number of anilines is 2. The summed E-state index contributed by atoms with van der Waals surface area (Å²) in [5.41, 5.74) is 11.4. The van der Waals surface area contributed by atoms with Crippen molar-refractivity contribution in [2.24, 2.45) is 0 Å². The maximum atomic E-state index is 11.3. The Morgan fingerprint density at radius 3 is 2.88 bits per heavy atom. The minimum Gasteiger partial charge on any atom is -0.396 e. The first-order valence-corrected chi connectivity index (χ1v) is 5.78. The van der Waals surface area contributed by atoms with Crippen LogP contribution in [0.1, 0.15) is 6.92 Å². The summed E-state index contributed by atoms with van der Waals surface area (Å²) in [5.74, 6) is 0.274. The lowest BCUT2D eigenvalue weighted by atomic mass is 10.4. The number of pyridine rings is 1. The van der Waals surface area contributed by atoms with Gasteiger partial charge in [-0.15, -0.1) is 5.10 Å². The molecule has 2 aromatic rings. The van der Waals surface area contributed by atoms with E-state index >= 15 is 0 Å². The van der Waals surface area contributed by atoms with Gasteiger partial charge in [0.2, 0.25) is 0 Å². The molecule has 0 saturated heterocycles. The second kappa shape index (κ2) is 4.50. The fourth-order valence-electron chi connectivity index (χ4n) is 1.28. The van der Waals surface area contributed by atoms with Crippen LogP contribution in [0.25, 0.3) is 0 Å². The van der Waals surface area contributed by atoms with E-state index in [0.29, 0.717) is 22.4 Å². The normalized spacial score (nSPS) is 10.6. The van der Waals surface area contributed by atoms with E-state index in [2.05, 4.69) is 15.2 Å². The van der Waals surface area contributed by atoms with Crippen LogP contribution in [0, 0.1) is 0 Å². The third-order valence-electron chi connectivity index (χ3n) is 2.17. The SMILES string of the molecule is CCn1c(Sc2ccc(N)c(N)n2)n[nH]c1=O. The molecule has 90 valence electrons. The zero-order valence-electron chi connectivity index (χ0n) is 9.17. The molecule has 0 bridgehead atoms. The van der Waals surface area contributed by atoms with E-state index in [4.69, 9.17) is 11.5 Å². The van der Waals surface area contributed by atoms with E-state index in [1.54, 1.807) is 12.1 Å². The summed E-state index contributed by atoms with van der Waals surface area (Å²) in [6.07, 6.45) is 0. The van der Waals surface area contributed by atoms with Crippen LogP contribution in [-0.2, 0) is 6.54 Å². The molecule has 0 atom stereocenters. The third-order valence-corrected chi connectivity index (χ3v) is 3.10. The first kappa shape index (κ1) is 11.5. The maximum Gasteiger partial charge on any atom is 0.343 e. The fraction of sp³-hybridized carbons (Fsp3) is 0.222. The molecule has 8 heteroatoms. The quantitative estimate of drug-likeness (QED) is 0.723. The van der Waals surface area contributed by atoms with Crippen molar-refractivity contribution in [1.29, 1.82) is 0 Å². The van der Waals surface area contributed by atoms with E-state index in [1.807, 2.05) is 6.92 Å². The van der Waals surface area contributed by atoms with Gasteiger partial charge in [0, 0.05) is 6.54 Å². The average Bonchev–Trinajstić information content (AvgIpc) is 2.64. The minimum atomic E-state index is -0.238. The van der Waals surface area contributed by atoms with Crippen LogP contribution < -0.4 is 17.2 Å². The largest absolute Gasteiger partial charge is 0.396 e. The number of nitrogens with two attached hydrogens (primary N) is 2. The molecule has 0 fully saturated rings. The fourth-order valence-corrected chi connectivity index (χ4v) is 2.16. The number of aromatic amines is 1. The molecule has 0 radical (unpaired) electrons. The highest BCUT2D eigenvalue weighted by Crippen LogP contribution is 2.25. The molecule has 0 amide bonds. The number of H-pyrrole nitrogens is 1. The molecule has 17 heavy (non-hydrogen) atoms. The van der Waals surface area contributed by atoms with Gasteiger partial charge in [0.15, 0.2) is 5.16 Å². The standard InChI is InChI=1S/C9H12N6OS/c1-2-15-8(16)13-14-9(15)17-6-4-3-5(10)7(11)12-6/h3-4H,2,10H2,1H3,(H2,11,12)(H,13,16). The van der Waals surface area contributed by atoms with Gasteiger partial charge in [0.25, 0.3) is 0 Å². The van der Waals surface area contributed by atoms with Crippen LogP contribution in [0.4, 0.5) is 11.5 Å². The van der Waals surface area contributed by atoms with Crippen molar-refractivity contribution in [1.82, 2.24) is 19.7 Å². The molecule has 0 aliphatic heterocycles. The second-order valence-corrected chi connectivity index (χ2v) is 4.27. The van der Waals surface area contributed by atoms with Gasteiger partial charge in [-0.25, -0.2) is 14.9 Å². The van der Waals surface area contributed by atoms with Crippen molar-refractivity contribution in [3.63, 3.8) is 0 Å². The lowest BCUT2D eigenvalue weighted by Gasteiger charge is -2.03. The Balaban J connectivity index is 2.31. The minimum absolute atomic E-state index is 0.238. The van der Waals surface area contributed by atoms with Gasteiger partial charge in [-0.05, 0) is 30.8 Å². The molecule has 5 N–H and O–H groups in total. The van der Waals surface area contributed by atoms with E-state index in [1.165, 1.54) is 16.3 Å². The number of hydrogen-bond donors (Lipinski definition) is 3. The van der Waals surface area contributed by atoms with E-state index in [9.17, 15) is 4.79 Å². The van der Waals surface area contributed by atoms with Crippen LogP contribution in [-0.4, -0.2) is 19.7 Å². The molecule has 0 saturated carbocycles. The molecule has 0 aliphatic carbocycles. The maximum absolute atomic E-state index is 11.3. The van der Waals surface area contributed by atoms with E-state index in [-0.39, 0.29) is 11.5 Å². The first-order valence-electron chi connectivity index (χ1n) is 4.97. The molecule has 2 heterocycles. The summed E-state index contributed by atoms with van der Waals surface area (Å²) in [4.78, 5) is 15.4. The van der Waals surface area contributed by atoms with Crippen LogP contribution in [0.15, 0.2) is 27.1 Å². The van der Waals surface area contributed by atoms with E-state index < -0.39 is 0 Å². The van der Waals surface area contributed by atoms with Gasteiger partial charge in [-0.2, -0.15) is 0 Å². The Hall–Kier alpha value is -1.96. The number of rotatable bonds is 3. The summed E-state index contributed by atoms with van der Waals surface area (Å²) in [6.45, 7) is 2.41. The van der Waals surface area contributed by atoms with Crippen molar-refractivity contribution in [3.05, 3.63) is 22.6 Å². The molecule has 7 nitrogen and oxygen atoms in total. The number of nitrogens with one attached hydrogen (secondary N) is 1. The van der Waals surface area contributed by atoms with Crippen molar-refractivity contribution < 1.29 is 0 Å². The van der Waals surface area contributed by atoms with Crippen molar-refractivity contribution in [2.75, 3.05) is 11.5 Å². The Labute approximate surface area is 101 Å². The van der Waals surface area contributed by atoms with Crippen LogP contribution in [0.3, 0.4) is 0 Å². The summed E-state index contributed by atoms with van der Waals surface area (Å²) < 4.78 is 1.51. The van der Waals surface area contributed by atoms with Gasteiger partial charge in [0.05, 0.1) is 5.69 Å². The lowest BCUT2D eigenvalue weighted by molar-refractivity contribution is 0.660. The third kappa shape index (κ3) is 2.26. The number of nitrogen functional groups attached to an aromatic ring is 2. The van der Waals surface area contributed by atoms with Crippen molar-refractivity contribution >= 4 is 23.3 Å². The highest BCUT2D eigenvalue weighted by atomic mass is 32.2. The molecular formula is C9H12N6OS. The average molecular weight is 252 g/mol. The zero-order valence-corrected chi connectivity index (χ0v) is 9.99. The summed E-state index contributed by atoms with van der Waals surface area (Å²) in [7, 11) is 0. The van der Waals surface area contributed by atoms with Gasteiger partial charge >= 0.3 is 5.69 Å². The predicted octanol–water partition coefficient (Wildman–Crippen LogP) is 0.302. The Bertz CT molecular complexity index is 589. The Morgan fingerprint density at radius 2 is 2.24 bits per heavy atom. The predicted molar refractivity (Wildman–Crippen MR) is 65.7 cm³/mol. The van der Waals surface area contributed by atoms with Crippen molar-refractivity contribution in [2.45, 2.75) is 23.7 Å². The smallest absolute Gasteiger partial charge is 0.343 e. The van der Waals surface area contributed by atoms with Crippen LogP contribution >= 0.6 is 11.8 Å². The van der Waals surface area contributed by atoms with Gasteiger partial charge < -0.3 is 11.5 Å². The highest BCUT2D eigenvalue weighted by Gasteiger charge is 2.09. The molecule has 0 aliphatic rings. The lowest BCUT2D eigenvalue weighted by Crippen LogP contribution is -2.16. The van der Waals surface area contributed by atoms with Crippen LogP contribution in [0.5, 0.6) is 0 Å². The monoisotopic (exact) mass is 252 g/mol. The first-order chi connectivity index (χ1) is 8.11. The highest BCUT2D eigenvalue weighted by molar-refractivity contribution is 7.99. The van der Waals surface area contributed by atoms with Crippen LogP contribution in [0.2, 0.25) is 0 Å². The molecule has 0 aromatic carbocycles. The topological polar surface area (TPSA) is 116 Å². The summed E-state index contributed by atoms with van der Waals surface area (Å²) >= 11 is 1.26. The molecule has 2 aromatic heterocycles. The molecule has 2 rings (SSSR count). The Kier molecular flexibility index (Phi) is 3.05. The zero-order chi connectivity index (χ0) is 12.4. The number of nitrogens with zero attached hydrogens (tertiary/aromatic N) is 3.